The van der Waals surface area contributed by atoms with Gasteiger partial charge in [-0.3, -0.25) is 0 Å². The van der Waals surface area contributed by atoms with Crippen LogP contribution in [0.25, 0.3) is 0 Å². The summed E-state index contributed by atoms with van der Waals surface area (Å²) in [5.74, 6) is 0. The van der Waals surface area contributed by atoms with Crippen LogP contribution < -0.4 is 4.72 Å². The SMILES string of the molecule is CCC[C@@H](NS(=O)(=O)c1ccc(Cl)cc1)C(O)=S. The maximum absolute atomic E-state index is 12.0. The van der Waals surface area contributed by atoms with Crippen molar-refractivity contribution in [2.75, 3.05) is 0 Å². The number of nitrogens with one attached hydrogen (secondary N) is 1. The molecule has 0 aliphatic heterocycles. The van der Waals surface area contributed by atoms with Gasteiger partial charge in [-0.25, -0.2) is 8.42 Å². The minimum atomic E-state index is -3.70. The third-order valence-electron chi connectivity index (χ3n) is 2.30. The third kappa shape index (κ3) is 4.20. The van der Waals surface area contributed by atoms with Crippen LogP contribution in [0.1, 0.15) is 19.8 Å². The number of rotatable bonds is 6. The lowest BCUT2D eigenvalue weighted by Crippen LogP contribution is -2.39. The van der Waals surface area contributed by atoms with E-state index < -0.39 is 16.1 Å². The summed E-state index contributed by atoms with van der Waals surface area (Å²) in [6.07, 6.45) is 1.15. The minimum absolute atomic E-state index is 0.0873. The molecule has 1 aromatic carbocycles. The number of sulfonamides is 1. The summed E-state index contributed by atoms with van der Waals surface area (Å²) in [6, 6.07) is 5.03. The zero-order valence-electron chi connectivity index (χ0n) is 9.76. The lowest BCUT2D eigenvalue weighted by atomic mass is 10.2. The number of benzene rings is 1. The van der Waals surface area contributed by atoms with Crippen molar-refractivity contribution < 1.29 is 13.5 Å². The molecule has 0 bridgehead atoms. The van der Waals surface area contributed by atoms with Crippen LogP contribution in [0, 0.1) is 0 Å². The summed E-state index contributed by atoms with van der Waals surface area (Å²) in [5, 5.41) is 9.38. The Morgan fingerprint density at radius 1 is 1.44 bits per heavy atom. The van der Waals surface area contributed by atoms with Crippen LogP contribution in [0.15, 0.2) is 29.2 Å². The van der Waals surface area contributed by atoms with Gasteiger partial charge in [-0.1, -0.05) is 24.9 Å². The van der Waals surface area contributed by atoms with E-state index in [0.717, 1.165) is 0 Å². The predicted molar refractivity (Wildman–Crippen MR) is 75.7 cm³/mol. The van der Waals surface area contributed by atoms with E-state index in [-0.39, 0.29) is 9.95 Å². The smallest absolute Gasteiger partial charge is 0.241 e. The van der Waals surface area contributed by atoms with Crippen molar-refractivity contribution in [2.45, 2.75) is 30.7 Å². The van der Waals surface area contributed by atoms with Crippen molar-refractivity contribution in [1.82, 2.24) is 4.72 Å². The molecule has 1 aromatic rings. The van der Waals surface area contributed by atoms with Gasteiger partial charge in [0.1, 0.15) is 0 Å². The van der Waals surface area contributed by atoms with Gasteiger partial charge in [-0.05, 0) is 42.9 Å². The molecule has 0 saturated heterocycles. The third-order valence-corrected chi connectivity index (χ3v) is 4.32. The zero-order chi connectivity index (χ0) is 13.8. The first-order valence-corrected chi connectivity index (χ1v) is 7.64. The largest absolute Gasteiger partial charge is 0.501 e. The predicted octanol–water partition coefficient (Wildman–Crippen LogP) is 2.67. The first-order chi connectivity index (χ1) is 8.36. The normalized spacial score (nSPS) is 13.2. The lowest BCUT2D eigenvalue weighted by molar-refractivity contribution is 0.497. The van der Waals surface area contributed by atoms with Crippen LogP contribution in [0.5, 0.6) is 0 Å². The number of hydrogen-bond acceptors (Lipinski definition) is 3. The van der Waals surface area contributed by atoms with Crippen LogP contribution in [0.2, 0.25) is 5.02 Å². The van der Waals surface area contributed by atoms with Crippen molar-refractivity contribution in [3.05, 3.63) is 29.3 Å². The van der Waals surface area contributed by atoms with E-state index in [4.69, 9.17) is 11.6 Å². The first-order valence-electron chi connectivity index (χ1n) is 5.37. The molecular weight excluding hydrogens is 294 g/mol. The van der Waals surface area contributed by atoms with Crippen LogP contribution in [0.3, 0.4) is 0 Å². The monoisotopic (exact) mass is 307 g/mol. The topological polar surface area (TPSA) is 66.4 Å². The molecule has 4 nitrogen and oxygen atoms in total. The molecular formula is C11H14ClNO3S2. The van der Waals surface area contributed by atoms with Crippen LogP contribution >= 0.6 is 23.8 Å². The fraction of sp³-hybridized carbons (Fsp3) is 0.364. The molecule has 1 atom stereocenters. The van der Waals surface area contributed by atoms with Crippen molar-refractivity contribution in [3.8, 4) is 0 Å². The standard InChI is InChI=1S/C11H14ClNO3S2/c1-2-3-10(11(14)17)13-18(15,16)9-6-4-8(12)5-7-9/h4-7,10,13H,2-3H2,1H3,(H,14,17)/t10-/m1/s1. The van der Waals surface area contributed by atoms with Gasteiger partial charge in [0.05, 0.1) is 10.9 Å². The number of hydrogen-bond donors (Lipinski definition) is 2. The highest BCUT2D eigenvalue weighted by Crippen LogP contribution is 2.15. The number of aliphatic hydroxyl groups is 1. The van der Waals surface area contributed by atoms with E-state index >= 15 is 0 Å². The molecule has 0 unspecified atom stereocenters. The van der Waals surface area contributed by atoms with E-state index in [9.17, 15) is 13.5 Å². The van der Waals surface area contributed by atoms with E-state index in [0.29, 0.717) is 17.9 Å². The average Bonchev–Trinajstić information content (AvgIpc) is 2.28. The van der Waals surface area contributed by atoms with Gasteiger partial charge in [0.2, 0.25) is 10.0 Å². The summed E-state index contributed by atoms with van der Waals surface area (Å²) >= 11 is 10.3. The molecule has 0 saturated carbocycles. The molecule has 7 heteroatoms. The molecule has 0 aliphatic rings. The molecule has 0 radical (unpaired) electrons. The number of thiocarbonyl (C=S) groups is 1. The highest BCUT2D eigenvalue weighted by atomic mass is 35.5. The summed E-state index contributed by atoms with van der Waals surface area (Å²) in [6.45, 7) is 1.88. The summed E-state index contributed by atoms with van der Waals surface area (Å²) in [7, 11) is -3.70. The van der Waals surface area contributed by atoms with Gasteiger partial charge in [0.25, 0.3) is 0 Å². The second kappa shape index (κ2) is 6.47. The Hall–Kier alpha value is -0.690. The van der Waals surface area contributed by atoms with Crippen molar-refractivity contribution in [3.63, 3.8) is 0 Å². The summed E-state index contributed by atoms with van der Waals surface area (Å²) in [4.78, 5) is 0.0873. The molecule has 0 amide bonds. The Morgan fingerprint density at radius 2 is 2.00 bits per heavy atom. The minimum Gasteiger partial charge on any atom is -0.501 e. The van der Waals surface area contributed by atoms with E-state index in [1.807, 2.05) is 6.92 Å². The molecule has 0 fully saturated rings. The van der Waals surface area contributed by atoms with Gasteiger partial charge in [0.15, 0.2) is 5.05 Å². The molecule has 2 N–H and O–H groups in total. The van der Waals surface area contributed by atoms with Gasteiger partial charge < -0.3 is 5.11 Å². The summed E-state index contributed by atoms with van der Waals surface area (Å²) in [5.41, 5.74) is 0. The maximum atomic E-state index is 12.0. The fourth-order valence-corrected chi connectivity index (χ4v) is 3.00. The van der Waals surface area contributed by atoms with Crippen molar-refractivity contribution in [2.24, 2.45) is 0 Å². The van der Waals surface area contributed by atoms with Gasteiger partial charge >= 0.3 is 0 Å². The Bertz CT molecular complexity index is 514. The average molecular weight is 308 g/mol. The molecule has 100 valence electrons. The van der Waals surface area contributed by atoms with Crippen LogP contribution in [-0.2, 0) is 10.0 Å². The zero-order valence-corrected chi connectivity index (χ0v) is 12.1. The highest BCUT2D eigenvalue weighted by molar-refractivity contribution is 7.89. The fourth-order valence-electron chi connectivity index (χ4n) is 1.39. The molecule has 0 spiro atoms. The summed E-state index contributed by atoms with van der Waals surface area (Å²) < 4.78 is 26.4. The van der Waals surface area contributed by atoms with Crippen molar-refractivity contribution in [1.29, 1.82) is 0 Å². The Balaban J connectivity index is 2.93. The molecule has 1 rings (SSSR count). The van der Waals surface area contributed by atoms with Crippen LogP contribution in [-0.4, -0.2) is 24.6 Å². The Morgan fingerprint density at radius 3 is 2.44 bits per heavy atom. The Kier molecular flexibility index (Phi) is 5.52. The second-order valence-electron chi connectivity index (χ2n) is 3.75. The molecule has 0 aromatic heterocycles. The van der Waals surface area contributed by atoms with Crippen LogP contribution in [0.4, 0.5) is 0 Å². The molecule has 0 heterocycles. The van der Waals surface area contributed by atoms with Gasteiger partial charge in [0, 0.05) is 5.02 Å². The van der Waals surface area contributed by atoms with Crippen molar-refractivity contribution >= 4 is 38.9 Å². The highest BCUT2D eigenvalue weighted by Gasteiger charge is 2.22. The first kappa shape index (κ1) is 15.4. The number of halogens is 1. The maximum Gasteiger partial charge on any atom is 0.241 e. The van der Waals surface area contributed by atoms with E-state index in [2.05, 4.69) is 16.9 Å². The van der Waals surface area contributed by atoms with Gasteiger partial charge in [-0.15, -0.1) is 0 Å². The van der Waals surface area contributed by atoms with E-state index in [1.165, 1.54) is 24.3 Å². The molecule has 0 aliphatic carbocycles. The Labute approximate surface area is 117 Å². The van der Waals surface area contributed by atoms with E-state index in [1.54, 1.807) is 0 Å². The number of aliphatic hydroxyl groups excluding tert-OH is 1. The molecule has 18 heavy (non-hydrogen) atoms. The second-order valence-corrected chi connectivity index (χ2v) is 6.32. The quantitative estimate of drug-likeness (QED) is 0.793. The lowest BCUT2D eigenvalue weighted by Gasteiger charge is -2.15. The van der Waals surface area contributed by atoms with Gasteiger partial charge in [-0.2, -0.15) is 4.72 Å².